The molecule has 5 rings (SSSR count). The molecule has 0 bridgehead atoms. The first-order chi connectivity index (χ1) is 19.3. The van der Waals surface area contributed by atoms with Crippen LogP contribution in [0, 0.1) is 0 Å². The molecule has 2 aliphatic rings. The summed E-state index contributed by atoms with van der Waals surface area (Å²) < 4.78 is 16.7. The number of carbonyl (C=O) groups excluding carboxylic acids is 2. The Morgan fingerprint density at radius 1 is 0.732 bits per heavy atom. The molecule has 2 aliphatic heterocycles. The van der Waals surface area contributed by atoms with E-state index in [1.165, 1.54) is 0 Å². The average molecular weight is 561 g/mol. The molecular formula is C33H40N2O6. The van der Waals surface area contributed by atoms with Crippen molar-refractivity contribution >= 4 is 23.6 Å². The number of hydrogen-bond acceptors (Lipinski definition) is 6. The second kappa shape index (κ2) is 12.1. The molecule has 2 amide bonds. The van der Waals surface area contributed by atoms with Crippen molar-refractivity contribution in [1.82, 2.24) is 0 Å². The molecular weight excluding hydrogens is 520 g/mol. The lowest BCUT2D eigenvalue weighted by atomic mass is 10.1. The highest BCUT2D eigenvalue weighted by Crippen LogP contribution is 2.34. The number of hydrogen-bond donors (Lipinski definition) is 1. The lowest BCUT2D eigenvalue weighted by Gasteiger charge is -2.25. The number of fused-ring (bicyclic) bond motifs is 2. The van der Waals surface area contributed by atoms with E-state index in [1.807, 2.05) is 96.1 Å². The molecule has 41 heavy (non-hydrogen) atoms. The summed E-state index contributed by atoms with van der Waals surface area (Å²) in [6, 6.07) is 21.0. The molecule has 0 spiro atoms. The fraction of sp³-hybridized carbons (Fsp3) is 0.394. The van der Waals surface area contributed by atoms with Gasteiger partial charge in [-0.25, -0.2) is 9.59 Å². The van der Waals surface area contributed by atoms with Gasteiger partial charge in [0.05, 0.1) is 11.4 Å². The number of anilines is 2. The molecule has 0 aliphatic carbocycles. The maximum Gasteiger partial charge on any atom is 0.414 e. The molecule has 0 atom stereocenters. The molecule has 0 saturated carbocycles. The number of phenolic OH excluding ortho intramolecular Hbond substituents is 1. The van der Waals surface area contributed by atoms with Crippen LogP contribution >= 0.6 is 0 Å². The number of amides is 2. The Hall–Kier alpha value is -4.20. The highest BCUT2D eigenvalue weighted by atomic mass is 16.6. The van der Waals surface area contributed by atoms with Crippen LogP contribution in [0.3, 0.4) is 0 Å². The Bertz CT molecular complexity index is 1370. The second-order valence-electron chi connectivity index (χ2n) is 12.1. The minimum Gasteiger partial charge on any atom is -0.508 e. The van der Waals surface area contributed by atoms with Crippen molar-refractivity contribution in [2.75, 3.05) is 22.9 Å². The number of phenols is 1. The second-order valence-corrected chi connectivity index (χ2v) is 12.1. The summed E-state index contributed by atoms with van der Waals surface area (Å²) in [4.78, 5) is 27.6. The lowest BCUT2D eigenvalue weighted by molar-refractivity contribution is 0.0573. The van der Waals surface area contributed by atoms with E-state index in [2.05, 4.69) is 0 Å². The molecule has 0 aromatic heterocycles. The minimum absolute atomic E-state index is 0.166. The third-order valence-corrected chi connectivity index (χ3v) is 6.39. The van der Waals surface area contributed by atoms with Crippen LogP contribution in [0.4, 0.5) is 21.0 Å². The van der Waals surface area contributed by atoms with Gasteiger partial charge in [-0.3, -0.25) is 9.80 Å². The first-order valence-electron chi connectivity index (χ1n) is 13.9. The number of aromatic hydroxyl groups is 1. The van der Waals surface area contributed by atoms with Gasteiger partial charge in [-0.15, -0.1) is 0 Å². The molecule has 0 unspecified atom stereocenters. The van der Waals surface area contributed by atoms with Gasteiger partial charge in [-0.2, -0.15) is 0 Å². The van der Waals surface area contributed by atoms with Crippen LogP contribution in [-0.2, 0) is 28.9 Å². The minimum atomic E-state index is -0.503. The topological polar surface area (TPSA) is 88.5 Å². The highest BCUT2D eigenvalue weighted by Gasteiger charge is 2.30. The van der Waals surface area contributed by atoms with Gasteiger partial charge in [-0.05, 0) is 83.2 Å². The van der Waals surface area contributed by atoms with Gasteiger partial charge in [0.2, 0.25) is 0 Å². The zero-order valence-corrected chi connectivity index (χ0v) is 24.8. The number of rotatable bonds is 3. The van der Waals surface area contributed by atoms with E-state index in [9.17, 15) is 14.7 Å². The summed E-state index contributed by atoms with van der Waals surface area (Å²) in [6.07, 6.45) is 0.978. The van der Waals surface area contributed by atoms with Gasteiger partial charge in [0.1, 0.15) is 29.3 Å². The third kappa shape index (κ3) is 8.16. The summed E-state index contributed by atoms with van der Waals surface area (Å²) >= 11 is 0. The molecule has 8 nitrogen and oxygen atoms in total. The molecule has 3 aromatic rings. The van der Waals surface area contributed by atoms with E-state index in [-0.39, 0.29) is 17.9 Å². The van der Waals surface area contributed by atoms with Crippen LogP contribution in [0.25, 0.3) is 0 Å². The van der Waals surface area contributed by atoms with Crippen molar-refractivity contribution in [3.8, 4) is 11.5 Å². The van der Waals surface area contributed by atoms with Crippen molar-refractivity contribution in [2.24, 2.45) is 0 Å². The normalized spacial score (nSPS) is 14.0. The summed E-state index contributed by atoms with van der Waals surface area (Å²) in [5.41, 5.74) is 3.95. The van der Waals surface area contributed by atoms with Crippen molar-refractivity contribution in [1.29, 1.82) is 0 Å². The third-order valence-electron chi connectivity index (χ3n) is 6.39. The quantitative estimate of drug-likeness (QED) is 0.363. The summed E-state index contributed by atoms with van der Waals surface area (Å²) in [5, 5.41) is 9.45. The average Bonchev–Trinajstić information content (AvgIpc) is 3.50. The van der Waals surface area contributed by atoms with Crippen molar-refractivity contribution < 1.29 is 28.9 Å². The van der Waals surface area contributed by atoms with E-state index < -0.39 is 11.2 Å². The van der Waals surface area contributed by atoms with Crippen LogP contribution < -0.4 is 14.5 Å². The van der Waals surface area contributed by atoms with E-state index in [4.69, 9.17) is 14.2 Å². The predicted octanol–water partition coefficient (Wildman–Crippen LogP) is 7.25. The van der Waals surface area contributed by atoms with Gasteiger partial charge >= 0.3 is 12.2 Å². The monoisotopic (exact) mass is 560 g/mol. The first-order valence-corrected chi connectivity index (χ1v) is 13.9. The Balaban J connectivity index is 0.000000201. The number of ether oxygens (including phenoxy) is 3. The largest absolute Gasteiger partial charge is 0.508 e. The van der Waals surface area contributed by atoms with Crippen LogP contribution in [0.2, 0.25) is 0 Å². The Morgan fingerprint density at radius 3 is 1.78 bits per heavy atom. The number of nitrogens with zero attached hydrogens (tertiary/aromatic N) is 2. The standard InChI is InChI=1S/C20H23NO3.C13H17NO3/c1-20(2,3)24-19(22)21-12-11-16-9-10-17(13-18(16)21)23-14-15-7-5-4-6-8-15;1-13(2,3)17-12(16)14-7-6-9-4-5-10(15)8-11(9)14/h4-10,13H,11-12,14H2,1-3H3;4-5,8,15H,6-7H2,1-3H3. The van der Waals surface area contributed by atoms with Gasteiger partial charge in [0.15, 0.2) is 0 Å². The molecule has 8 heteroatoms. The Kier molecular flexibility index (Phi) is 8.80. The summed E-state index contributed by atoms with van der Waals surface area (Å²) in [5.74, 6) is 0.923. The van der Waals surface area contributed by atoms with E-state index in [0.29, 0.717) is 19.7 Å². The highest BCUT2D eigenvalue weighted by molar-refractivity contribution is 5.91. The summed E-state index contributed by atoms with van der Waals surface area (Å²) in [6.45, 7) is 12.9. The van der Waals surface area contributed by atoms with Crippen LogP contribution in [0.1, 0.15) is 58.2 Å². The van der Waals surface area contributed by atoms with Crippen LogP contribution in [-0.4, -0.2) is 41.6 Å². The van der Waals surface area contributed by atoms with Crippen molar-refractivity contribution in [2.45, 2.75) is 72.2 Å². The molecule has 3 aromatic carbocycles. The molecule has 0 fully saturated rings. The fourth-order valence-corrected chi connectivity index (χ4v) is 4.57. The Labute approximate surface area is 242 Å². The summed E-state index contributed by atoms with van der Waals surface area (Å²) in [7, 11) is 0. The van der Waals surface area contributed by atoms with Crippen molar-refractivity contribution in [3.63, 3.8) is 0 Å². The van der Waals surface area contributed by atoms with Gasteiger partial charge in [0, 0.05) is 25.2 Å². The molecule has 1 N–H and O–H groups in total. The predicted molar refractivity (Wildman–Crippen MR) is 160 cm³/mol. The van der Waals surface area contributed by atoms with Crippen molar-refractivity contribution in [3.05, 3.63) is 83.4 Å². The molecule has 0 radical (unpaired) electrons. The lowest BCUT2D eigenvalue weighted by Crippen LogP contribution is -2.35. The van der Waals surface area contributed by atoms with Gasteiger partial charge in [0.25, 0.3) is 0 Å². The fourth-order valence-electron chi connectivity index (χ4n) is 4.57. The maximum absolute atomic E-state index is 12.4. The van der Waals surface area contributed by atoms with E-state index in [0.717, 1.165) is 46.7 Å². The van der Waals surface area contributed by atoms with Crippen LogP contribution in [0.5, 0.6) is 11.5 Å². The number of carbonyl (C=O) groups is 2. The molecule has 0 saturated heterocycles. The Morgan fingerprint density at radius 2 is 1.24 bits per heavy atom. The number of benzene rings is 3. The molecule has 218 valence electrons. The van der Waals surface area contributed by atoms with Gasteiger partial charge in [-0.1, -0.05) is 42.5 Å². The molecule has 2 heterocycles. The zero-order chi connectivity index (χ0) is 29.8. The smallest absolute Gasteiger partial charge is 0.414 e. The van der Waals surface area contributed by atoms with Gasteiger partial charge < -0.3 is 19.3 Å². The van der Waals surface area contributed by atoms with E-state index in [1.54, 1.807) is 21.9 Å². The zero-order valence-electron chi connectivity index (χ0n) is 24.8. The maximum atomic E-state index is 12.4. The first kappa shape index (κ1) is 29.8. The van der Waals surface area contributed by atoms with Crippen LogP contribution in [0.15, 0.2) is 66.7 Å². The SMILES string of the molecule is CC(C)(C)OC(=O)N1CCc2ccc(O)cc21.CC(C)(C)OC(=O)N1CCc2ccc(OCc3ccccc3)cc21. The van der Waals surface area contributed by atoms with E-state index >= 15 is 0 Å².